The number of carbonyl (C=O) groups excluding carboxylic acids is 1. The van der Waals surface area contributed by atoms with Gasteiger partial charge in [0.15, 0.2) is 0 Å². The molecule has 0 fully saturated rings. The van der Waals surface area contributed by atoms with Crippen LogP contribution in [0.3, 0.4) is 0 Å². The van der Waals surface area contributed by atoms with Crippen molar-refractivity contribution in [2.24, 2.45) is 5.73 Å². The van der Waals surface area contributed by atoms with E-state index >= 15 is 0 Å². The van der Waals surface area contributed by atoms with Crippen LogP contribution in [0.4, 0.5) is 5.69 Å². The number of fused-ring (bicyclic) bond motifs is 1. The number of carbonyl (C=O) groups is 1. The Morgan fingerprint density at radius 3 is 2.57 bits per heavy atom. The van der Waals surface area contributed by atoms with Gasteiger partial charge in [-0.3, -0.25) is 4.79 Å². The summed E-state index contributed by atoms with van der Waals surface area (Å²) in [6, 6.07) is 14.6. The second kappa shape index (κ2) is 5.76. The Bertz CT molecular complexity index is 782. The van der Waals surface area contributed by atoms with Crippen LogP contribution in [0.1, 0.15) is 11.6 Å². The van der Waals surface area contributed by atoms with Crippen LogP contribution in [-0.2, 0) is 4.79 Å². The molecule has 3 nitrogen and oxygen atoms in total. The predicted octanol–water partition coefficient (Wildman–Crippen LogP) is 4.19. The van der Waals surface area contributed by atoms with Gasteiger partial charge in [0.25, 0.3) is 0 Å². The van der Waals surface area contributed by atoms with Crippen molar-refractivity contribution in [2.75, 3.05) is 5.32 Å². The Hall–Kier alpha value is -2.04. The summed E-state index contributed by atoms with van der Waals surface area (Å²) in [5.41, 5.74) is 7.28. The van der Waals surface area contributed by atoms with Crippen molar-refractivity contribution in [1.82, 2.24) is 0 Å². The van der Waals surface area contributed by atoms with Crippen LogP contribution in [0.25, 0.3) is 10.1 Å². The molecule has 0 saturated carbocycles. The molecule has 3 rings (SSSR count). The first-order chi connectivity index (χ1) is 10.1. The molecule has 0 radical (unpaired) electrons. The summed E-state index contributed by atoms with van der Waals surface area (Å²) in [5, 5.41) is 6.85. The maximum Gasteiger partial charge on any atom is 0.244 e. The van der Waals surface area contributed by atoms with Crippen molar-refractivity contribution < 1.29 is 4.79 Å². The van der Waals surface area contributed by atoms with Gasteiger partial charge in [-0.1, -0.05) is 29.8 Å². The molecule has 0 aliphatic rings. The zero-order valence-electron chi connectivity index (χ0n) is 11.0. The standard InChI is InChI=1S/C16H13ClN2OS/c17-10-5-7-11(8-6-10)19-15(16(18)20)13-9-21-14-4-2-1-3-12(13)14/h1-9,15,19H,(H2,18,20). The number of amides is 1. The first kappa shape index (κ1) is 13.9. The second-order valence-electron chi connectivity index (χ2n) is 4.67. The number of thiophene rings is 1. The smallest absolute Gasteiger partial charge is 0.244 e. The molecule has 3 N–H and O–H groups in total. The molecule has 21 heavy (non-hydrogen) atoms. The fourth-order valence-corrected chi connectivity index (χ4v) is 3.35. The average Bonchev–Trinajstić information content (AvgIpc) is 2.90. The fraction of sp³-hybridized carbons (Fsp3) is 0.0625. The van der Waals surface area contributed by atoms with Gasteiger partial charge < -0.3 is 11.1 Å². The molecule has 5 heteroatoms. The average molecular weight is 317 g/mol. The molecule has 1 unspecified atom stereocenters. The molecular formula is C16H13ClN2OS. The highest BCUT2D eigenvalue weighted by Gasteiger charge is 2.21. The van der Waals surface area contributed by atoms with Gasteiger partial charge in [0.05, 0.1) is 0 Å². The van der Waals surface area contributed by atoms with E-state index in [9.17, 15) is 4.79 Å². The minimum Gasteiger partial charge on any atom is -0.370 e. The van der Waals surface area contributed by atoms with E-state index in [1.165, 1.54) is 0 Å². The van der Waals surface area contributed by atoms with Gasteiger partial charge in [0.1, 0.15) is 6.04 Å². The summed E-state index contributed by atoms with van der Waals surface area (Å²) in [6.45, 7) is 0. The van der Waals surface area contributed by atoms with Crippen LogP contribution in [-0.4, -0.2) is 5.91 Å². The van der Waals surface area contributed by atoms with Gasteiger partial charge in [-0.2, -0.15) is 0 Å². The van der Waals surface area contributed by atoms with Crippen LogP contribution in [0.5, 0.6) is 0 Å². The molecule has 0 spiro atoms. The zero-order chi connectivity index (χ0) is 14.8. The van der Waals surface area contributed by atoms with Crippen molar-refractivity contribution >= 4 is 44.6 Å². The highest BCUT2D eigenvalue weighted by molar-refractivity contribution is 7.17. The van der Waals surface area contributed by atoms with E-state index < -0.39 is 11.9 Å². The third kappa shape index (κ3) is 2.86. The molecule has 1 heterocycles. The predicted molar refractivity (Wildman–Crippen MR) is 88.8 cm³/mol. The van der Waals surface area contributed by atoms with Crippen LogP contribution in [0, 0.1) is 0 Å². The van der Waals surface area contributed by atoms with E-state index in [0.29, 0.717) is 5.02 Å². The first-order valence-corrected chi connectivity index (χ1v) is 7.68. The van der Waals surface area contributed by atoms with Crippen molar-refractivity contribution in [2.45, 2.75) is 6.04 Å². The van der Waals surface area contributed by atoms with E-state index in [2.05, 4.69) is 5.32 Å². The van der Waals surface area contributed by atoms with E-state index in [4.69, 9.17) is 17.3 Å². The minimum atomic E-state index is -0.567. The molecule has 3 aromatic rings. The number of hydrogen-bond donors (Lipinski definition) is 2. The number of nitrogens with one attached hydrogen (secondary N) is 1. The van der Waals surface area contributed by atoms with Crippen LogP contribution >= 0.6 is 22.9 Å². The number of hydrogen-bond acceptors (Lipinski definition) is 3. The highest BCUT2D eigenvalue weighted by Crippen LogP contribution is 2.32. The molecule has 1 amide bonds. The van der Waals surface area contributed by atoms with Crippen LogP contribution < -0.4 is 11.1 Å². The molecule has 106 valence electrons. The van der Waals surface area contributed by atoms with Gasteiger partial charge in [-0.05, 0) is 41.1 Å². The van der Waals surface area contributed by atoms with Crippen molar-refractivity contribution in [3.05, 3.63) is 64.5 Å². The van der Waals surface area contributed by atoms with E-state index in [1.54, 1.807) is 23.5 Å². The monoisotopic (exact) mass is 316 g/mol. The summed E-state index contributed by atoms with van der Waals surface area (Å²) in [6.07, 6.45) is 0. The summed E-state index contributed by atoms with van der Waals surface area (Å²) in [7, 11) is 0. The molecule has 0 aliphatic heterocycles. The topological polar surface area (TPSA) is 55.1 Å². The summed E-state index contributed by atoms with van der Waals surface area (Å²) in [5.74, 6) is -0.409. The number of primary amides is 1. The van der Waals surface area contributed by atoms with Crippen molar-refractivity contribution in [3.8, 4) is 0 Å². The molecule has 0 aliphatic carbocycles. The van der Waals surface area contributed by atoms with E-state index in [-0.39, 0.29) is 0 Å². The summed E-state index contributed by atoms with van der Waals surface area (Å²) >= 11 is 7.47. The Kier molecular flexibility index (Phi) is 3.82. The van der Waals surface area contributed by atoms with Gasteiger partial charge in [-0.15, -0.1) is 11.3 Å². The number of benzene rings is 2. The summed E-state index contributed by atoms with van der Waals surface area (Å²) in [4.78, 5) is 11.9. The highest BCUT2D eigenvalue weighted by atomic mass is 35.5. The second-order valence-corrected chi connectivity index (χ2v) is 6.02. The van der Waals surface area contributed by atoms with Crippen LogP contribution in [0.15, 0.2) is 53.9 Å². The zero-order valence-corrected chi connectivity index (χ0v) is 12.6. The molecule has 0 bridgehead atoms. The van der Waals surface area contributed by atoms with Crippen molar-refractivity contribution in [1.29, 1.82) is 0 Å². The number of halogens is 1. The third-order valence-electron chi connectivity index (χ3n) is 3.26. The Labute approximate surface area is 131 Å². The van der Waals surface area contributed by atoms with Gasteiger partial charge in [0.2, 0.25) is 5.91 Å². The number of nitrogens with two attached hydrogens (primary N) is 1. The largest absolute Gasteiger partial charge is 0.370 e. The maximum atomic E-state index is 11.9. The molecule has 1 atom stereocenters. The lowest BCUT2D eigenvalue weighted by atomic mass is 10.0. The quantitative estimate of drug-likeness (QED) is 0.758. The molecule has 1 aromatic heterocycles. The lowest BCUT2D eigenvalue weighted by molar-refractivity contribution is -0.118. The third-order valence-corrected chi connectivity index (χ3v) is 4.50. The lowest BCUT2D eigenvalue weighted by Crippen LogP contribution is -2.27. The first-order valence-electron chi connectivity index (χ1n) is 6.43. The SMILES string of the molecule is NC(=O)C(Nc1ccc(Cl)cc1)c1csc2ccccc12. The Morgan fingerprint density at radius 1 is 1.14 bits per heavy atom. The van der Waals surface area contributed by atoms with E-state index in [0.717, 1.165) is 21.3 Å². The number of anilines is 1. The normalized spacial score (nSPS) is 12.2. The van der Waals surface area contributed by atoms with Gasteiger partial charge >= 0.3 is 0 Å². The Balaban J connectivity index is 1.98. The van der Waals surface area contributed by atoms with Gasteiger partial charge in [-0.25, -0.2) is 0 Å². The number of rotatable bonds is 4. The van der Waals surface area contributed by atoms with Crippen molar-refractivity contribution in [3.63, 3.8) is 0 Å². The lowest BCUT2D eigenvalue weighted by Gasteiger charge is -2.16. The van der Waals surface area contributed by atoms with E-state index in [1.807, 2.05) is 41.8 Å². The fourth-order valence-electron chi connectivity index (χ4n) is 2.24. The maximum absolute atomic E-state index is 11.9. The Morgan fingerprint density at radius 2 is 1.86 bits per heavy atom. The molecule has 2 aromatic carbocycles. The molecule has 0 saturated heterocycles. The minimum absolute atomic E-state index is 0.409. The molecular weight excluding hydrogens is 304 g/mol. The van der Waals surface area contributed by atoms with Gasteiger partial charge in [0, 0.05) is 21.0 Å². The van der Waals surface area contributed by atoms with Crippen LogP contribution in [0.2, 0.25) is 5.02 Å². The summed E-state index contributed by atoms with van der Waals surface area (Å²) < 4.78 is 1.14.